The summed E-state index contributed by atoms with van der Waals surface area (Å²) in [5, 5.41) is 2.97. The van der Waals surface area contributed by atoms with Gasteiger partial charge in [0.05, 0.1) is 5.56 Å². The van der Waals surface area contributed by atoms with Crippen molar-refractivity contribution >= 4 is 11.9 Å². The van der Waals surface area contributed by atoms with Crippen LogP contribution in [0.25, 0.3) is 0 Å². The monoisotopic (exact) mass is 425 g/mol. The van der Waals surface area contributed by atoms with E-state index in [0.29, 0.717) is 11.3 Å². The molecule has 0 fully saturated rings. The normalized spacial score (nSPS) is 12.4. The summed E-state index contributed by atoms with van der Waals surface area (Å²) in [6.07, 6.45) is 3.99. The van der Waals surface area contributed by atoms with E-state index >= 15 is 0 Å². The molecule has 0 saturated heterocycles. The van der Waals surface area contributed by atoms with E-state index in [-0.39, 0.29) is 17.6 Å². The molecule has 0 heterocycles. The number of hydrogen-bond donors (Lipinski definition) is 1. The van der Waals surface area contributed by atoms with Gasteiger partial charge >= 0.3 is 5.97 Å². The third-order valence-corrected chi connectivity index (χ3v) is 5.37. The molecule has 1 N–H and O–H groups in total. The van der Waals surface area contributed by atoms with Crippen molar-refractivity contribution in [1.82, 2.24) is 5.32 Å². The fourth-order valence-electron chi connectivity index (χ4n) is 2.53. The number of ether oxygens (including phenoxy) is 2. The van der Waals surface area contributed by atoms with Gasteiger partial charge in [-0.3, -0.25) is 4.79 Å². The number of amides is 1. The molecule has 2 aromatic rings. The molecule has 1 atom stereocenters. The summed E-state index contributed by atoms with van der Waals surface area (Å²) in [5.74, 6) is 0.958. The van der Waals surface area contributed by atoms with E-state index < -0.39 is 29.3 Å². The van der Waals surface area contributed by atoms with Crippen LogP contribution in [0.2, 0.25) is 0 Å². The molecule has 0 spiro atoms. The third kappa shape index (κ3) is 6.08. The average Bonchev–Trinajstić information content (AvgIpc) is 2.70. The third-order valence-electron chi connectivity index (χ3n) is 5.37. The van der Waals surface area contributed by atoms with Crippen molar-refractivity contribution in [3.05, 3.63) is 65.5 Å². The number of carbonyl (C=O) groups excluding carboxylic acids is 2. The average molecular weight is 426 g/mol. The van der Waals surface area contributed by atoms with Crippen molar-refractivity contribution < 1.29 is 23.5 Å². The number of benzene rings is 2. The first-order valence-electron chi connectivity index (χ1n) is 9.90. The lowest BCUT2D eigenvalue weighted by Gasteiger charge is -2.40. The first-order valence-corrected chi connectivity index (χ1v) is 9.90. The molecule has 164 valence electrons. The van der Waals surface area contributed by atoms with Gasteiger partial charge < -0.3 is 14.8 Å². The van der Waals surface area contributed by atoms with Gasteiger partial charge in [0.25, 0.3) is 5.91 Å². The maximum Gasteiger partial charge on any atom is 0.339 e. The maximum atomic E-state index is 13.3. The Bertz CT molecular complexity index is 968. The number of hydrogen-bond acceptors (Lipinski definition) is 4. The number of para-hydroxylation sites is 1. The summed E-state index contributed by atoms with van der Waals surface area (Å²) in [4.78, 5) is 26.0. The van der Waals surface area contributed by atoms with E-state index in [1.54, 1.807) is 24.3 Å². The Hall–Kier alpha value is -3.33. The predicted octanol–water partition coefficient (Wildman–Crippen LogP) is 4.68. The highest BCUT2D eigenvalue weighted by Gasteiger charge is 2.38. The summed E-state index contributed by atoms with van der Waals surface area (Å²) in [7, 11) is 0. The summed E-state index contributed by atoms with van der Waals surface area (Å²) < 4.78 is 24.4. The van der Waals surface area contributed by atoms with Crippen molar-refractivity contribution in [2.75, 3.05) is 6.61 Å². The van der Waals surface area contributed by atoms with Gasteiger partial charge in [-0.25, -0.2) is 9.18 Å². The molecular weight excluding hydrogens is 397 g/mol. The van der Waals surface area contributed by atoms with Crippen LogP contribution in [0, 0.1) is 23.6 Å². The molecule has 0 aliphatic carbocycles. The topological polar surface area (TPSA) is 64.6 Å². The van der Waals surface area contributed by atoms with E-state index in [2.05, 4.69) is 11.2 Å². The van der Waals surface area contributed by atoms with Crippen LogP contribution in [0.5, 0.6) is 5.75 Å². The molecule has 0 radical (unpaired) electrons. The summed E-state index contributed by atoms with van der Waals surface area (Å²) >= 11 is 0. The van der Waals surface area contributed by atoms with Gasteiger partial charge in [-0.2, -0.15) is 0 Å². The zero-order valence-corrected chi connectivity index (χ0v) is 18.5. The minimum atomic E-state index is -1.30. The zero-order chi connectivity index (χ0) is 23.2. The molecule has 0 saturated carbocycles. The summed E-state index contributed by atoms with van der Waals surface area (Å²) in [6, 6.07) is 11.6. The van der Waals surface area contributed by atoms with Crippen LogP contribution in [0.15, 0.2) is 48.5 Å². The highest BCUT2D eigenvalue weighted by molar-refractivity contribution is 5.93. The van der Waals surface area contributed by atoms with Gasteiger partial charge in [-0.15, -0.1) is 6.42 Å². The smallest absolute Gasteiger partial charge is 0.339 e. The molecule has 0 bridgehead atoms. The number of rotatable bonds is 7. The standard InChI is InChI=1S/C25H28FNO4/c1-7-16-30-20-11-9-8-10-19(20)21(22(28)27-25(5,6)24(2,3)4)31-23(29)17-12-14-18(26)15-13-17/h1,8-15,21H,16H2,2-6H3,(H,27,28). The lowest BCUT2D eigenvalue weighted by Crippen LogP contribution is -2.54. The van der Waals surface area contributed by atoms with E-state index in [9.17, 15) is 14.0 Å². The van der Waals surface area contributed by atoms with Crippen LogP contribution >= 0.6 is 0 Å². The van der Waals surface area contributed by atoms with Crippen molar-refractivity contribution in [2.24, 2.45) is 5.41 Å². The number of terminal acetylenes is 1. The number of halogens is 1. The Balaban J connectivity index is 2.43. The summed E-state index contributed by atoms with van der Waals surface area (Å²) in [6.45, 7) is 9.77. The molecule has 5 nitrogen and oxygen atoms in total. The van der Waals surface area contributed by atoms with Gasteiger partial charge in [0.2, 0.25) is 6.10 Å². The quantitative estimate of drug-likeness (QED) is 0.517. The zero-order valence-electron chi connectivity index (χ0n) is 18.5. The molecule has 31 heavy (non-hydrogen) atoms. The second-order valence-corrected chi connectivity index (χ2v) is 8.69. The van der Waals surface area contributed by atoms with Gasteiger partial charge in [-0.1, -0.05) is 44.9 Å². The van der Waals surface area contributed by atoms with Crippen LogP contribution in [0.4, 0.5) is 4.39 Å². The van der Waals surface area contributed by atoms with Crippen molar-refractivity contribution in [3.63, 3.8) is 0 Å². The fraction of sp³-hybridized carbons (Fsp3) is 0.360. The van der Waals surface area contributed by atoms with Crippen LogP contribution in [0.1, 0.15) is 56.6 Å². The van der Waals surface area contributed by atoms with Crippen molar-refractivity contribution in [3.8, 4) is 18.1 Å². The van der Waals surface area contributed by atoms with E-state index in [1.165, 1.54) is 12.1 Å². The minimum absolute atomic E-state index is 0.00918. The van der Waals surface area contributed by atoms with E-state index in [1.807, 2.05) is 34.6 Å². The second-order valence-electron chi connectivity index (χ2n) is 8.69. The Labute approximate surface area is 182 Å². The van der Waals surface area contributed by atoms with Gasteiger partial charge in [0.15, 0.2) is 0 Å². The fourth-order valence-corrected chi connectivity index (χ4v) is 2.53. The maximum absolute atomic E-state index is 13.3. The molecular formula is C25H28FNO4. The Morgan fingerprint density at radius 3 is 2.26 bits per heavy atom. The van der Waals surface area contributed by atoms with Crippen LogP contribution in [-0.4, -0.2) is 24.0 Å². The molecule has 6 heteroatoms. The molecule has 2 rings (SSSR count). The number of esters is 1. The van der Waals surface area contributed by atoms with E-state index in [4.69, 9.17) is 15.9 Å². The van der Waals surface area contributed by atoms with Gasteiger partial charge in [0.1, 0.15) is 18.2 Å². The molecule has 0 aromatic heterocycles. The Kier molecular flexibility index (Phi) is 7.46. The molecule has 0 aliphatic heterocycles. The molecule has 1 amide bonds. The van der Waals surface area contributed by atoms with Gasteiger partial charge in [-0.05, 0) is 49.6 Å². The van der Waals surface area contributed by atoms with Crippen molar-refractivity contribution in [1.29, 1.82) is 0 Å². The van der Waals surface area contributed by atoms with Crippen molar-refractivity contribution in [2.45, 2.75) is 46.3 Å². The van der Waals surface area contributed by atoms with Crippen LogP contribution < -0.4 is 10.1 Å². The first kappa shape index (κ1) is 23.9. The van der Waals surface area contributed by atoms with Crippen LogP contribution in [-0.2, 0) is 9.53 Å². The van der Waals surface area contributed by atoms with Gasteiger partial charge in [0, 0.05) is 11.1 Å². The van der Waals surface area contributed by atoms with Crippen LogP contribution in [0.3, 0.4) is 0 Å². The number of nitrogens with one attached hydrogen (secondary N) is 1. The molecule has 0 aliphatic rings. The lowest BCUT2D eigenvalue weighted by atomic mass is 9.76. The summed E-state index contributed by atoms with van der Waals surface area (Å²) in [5.41, 5.74) is -0.404. The second kappa shape index (κ2) is 9.65. The Morgan fingerprint density at radius 2 is 1.68 bits per heavy atom. The lowest BCUT2D eigenvalue weighted by molar-refractivity contribution is -0.133. The highest BCUT2D eigenvalue weighted by atomic mass is 19.1. The molecule has 1 unspecified atom stereocenters. The Morgan fingerprint density at radius 1 is 1.06 bits per heavy atom. The highest BCUT2D eigenvalue weighted by Crippen LogP contribution is 2.33. The first-order chi connectivity index (χ1) is 14.5. The van der Waals surface area contributed by atoms with E-state index in [0.717, 1.165) is 12.1 Å². The SMILES string of the molecule is C#CCOc1ccccc1C(OC(=O)c1ccc(F)cc1)C(=O)NC(C)(C)C(C)(C)C. The minimum Gasteiger partial charge on any atom is -0.481 e. The largest absolute Gasteiger partial charge is 0.481 e. The molecule has 2 aromatic carbocycles. The predicted molar refractivity (Wildman–Crippen MR) is 117 cm³/mol. The number of carbonyl (C=O) groups is 2.